The summed E-state index contributed by atoms with van der Waals surface area (Å²) in [4.78, 5) is 0. The fraction of sp³-hybridized carbons (Fsp3) is 0.571. The summed E-state index contributed by atoms with van der Waals surface area (Å²) in [6.45, 7) is 7.19. The van der Waals surface area contributed by atoms with Crippen LogP contribution in [0.1, 0.15) is 37.9 Å². The zero-order chi connectivity index (χ0) is 12.1. The molecule has 0 aliphatic carbocycles. The van der Waals surface area contributed by atoms with E-state index < -0.39 is 0 Å². The topological polar surface area (TPSA) is 52.0 Å². The molecule has 90 valence electrons. The molecule has 2 atom stereocenters. The third-order valence-electron chi connectivity index (χ3n) is 2.99. The Balaban J connectivity index is 2.70. The Labute approximate surface area is 99.0 Å². The lowest BCUT2D eigenvalue weighted by Crippen LogP contribution is -2.25. The average molecular weight is 220 g/mol. The smallest absolute Gasteiger partial charge is 0.0332 e. The molecule has 0 saturated carbocycles. The molecule has 4 N–H and O–H groups in total. The number of nitrogens with two attached hydrogens (primary N) is 2. The van der Waals surface area contributed by atoms with E-state index in [0.717, 1.165) is 6.42 Å². The molecule has 16 heavy (non-hydrogen) atoms. The average Bonchev–Trinajstić information content (AvgIpc) is 2.27. The first-order valence-corrected chi connectivity index (χ1v) is 6.09. The zero-order valence-electron chi connectivity index (χ0n) is 10.6. The van der Waals surface area contributed by atoms with Crippen LogP contribution in [0.5, 0.6) is 0 Å². The molecule has 1 rings (SSSR count). The normalized spacial score (nSPS) is 15.1. The van der Waals surface area contributed by atoms with Gasteiger partial charge in [0.25, 0.3) is 0 Å². The molecule has 0 radical (unpaired) electrons. The van der Waals surface area contributed by atoms with Gasteiger partial charge in [0.15, 0.2) is 0 Å². The second-order valence-electron chi connectivity index (χ2n) is 5.08. The predicted molar refractivity (Wildman–Crippen MR) is 70.1 cm³/mol. The van der Waals surface area contributed by atoms with E-state index in [-0.39, 0.29) is 6.04 Å². The first kappa shape index (κ1) is 13.2. The van der Waals surface area contributed by atoms with E-state index in [0.29, 0.717) is 18.4 Å². The second-order valence-corrected chi connectivity index (χ2v) is 5.08. The summed E-state index contributed by atoms with van der Waals surface area (Å²) in [5, 5.41) is 0. The van der Waals surface area contributed by atoms with Gasteiger partial charge in [0.1, 0.15) is 0 Å². The quantitative estimate of drug-likeness (QED) is 0.801. The van der Waals surface area contributed by atoms with Crippen molar-refractivity contribution in [2.75, 3.05) is 6.54 Å². The van der Waals surface area contributed by atoms with Gasteiger partial charge in [0.2, 0.25) is 0 Å². The highest BCUT2D eigenvalue weighted by atomic mass is 14.7. The highest BCUT2D eigenvalue weighted by Crippen LogP contribution is 2.19. The molecule has 0 aliphatic heterocycles. The maximum atomic E-state index is 6.12. The molecular weight excluding hydrogens is 196 g/mol. The predicted octanol–water partition coefficient (Wildman–Crippen LogP) is 2.48. The minimum absolute atomic E-state index is 0.0538. The van der Waals surface area contributed by atoms with Crippen molar-refractivity contribution in [2.45, 2.75) is 33.2 Å². The van der Waals surface area contributed by atoms with E-state index in [1.54, 1.807) is 0 Å². The van der Waals surface area contributed by atoms with Crippen LogP contribution >= 0.6 is 0 Å². The van der Waals surface area contributed by atoms with Crippen LogP contribution in [0.25, 0.3) is 0 Å². The van der Waals surface area contributed by atoms with Crippen molar-refractivity contribution >= 4 is 0 Å². The minimum Gasteiger partial charge on any atom is -0.330 e. The number of hydrogen-bond acceptors (Lipinski definition) is 2. The Kier molecular flexibility index (Phi) is 4.97. The van der Waals surface area contributed by atoms with Crippen molar-refractivity contribution in [1.82, 2.24) is 0 Å². The molecule has 0 aliphatic rings. The van der Waals surface area contributed by atoms with Gasteiger partial charge < -0.3 is 11.5 Å². The van der Waals surface area contributed by atoms with Crippen molar-refractivity contribution < 1.29 is 0 Å². The summed E-state index contributed by atoms with van der Waals surface area (Å²) in [6.07, 6.45) is 1.13. The van der Waals surface area contributed by atoms with Gasteiger partial charge in [-0.25, -0.2) is 0 Å². The largest absolute Gasteiger partial charge is 0.330 e. The molecule has 0 aromatic heterocycles. The lowest BCUT2D eigenvalue weighted by molar-refractivity contribution is 0.481. The standard InChI is InChI=1S/C14H24N2/c1-10(2)8-12-4-6-13(7-5-12)14(16)11(3)9-15/h4-7,10-11,14H,8-9,15-16H2,1-3H3. The van der Waals surface area contributed by atoms with Gasteiger partial charge >= 0.3 is 0 Å². The van der Waals surface area contributed by atoms with E-state index in [1.165, 1.54) is 11.1 Å². The maximum absolute atomic E-state index is 6.12. The van der Waals surface area contributed by atoms with E-state index in [9.17, 15) is 0 Å². The van der Waals surface area contributed by atoms with Gasteiger partial charge in [0, 0.05) is 6.04 Å². The van der Waals surface area contributed by atoms with E-state index in [1.807, 2.05) is 0 Å². The molecule has 0 saturated heterocycles. The first-order chi connectivity index (χ1) is 7.54. The lowest BCUT2D eigenvalue weighted by Gasteiger charge is -2.19. The summed E-state index contributed by atoms with van der Waals surface area (Å²) < 4.78 is 0. The molecule has 0 bridgehead atoms. The molecular formula is C14H24N2. The molecule has 0 spiro atoms. The molecule has 1 aromatic carbocycles. The Hall–Kier alpha value is -0.860. The van der Waals surface area contributed by atoms with Crippen molar-refractivity contribution in [2.24, 2.45) is 23.3 Å². The number of hydrogen-bond donors (Lipinski definition) is 2. The van der Waals surface area contributed by atoms with Crippen LogP contribution in [-0.2, 0) is 6.42 Å². The fourth-order valence-electron chi connectivity index (χ4n) is 1.82. The lowest BCUT2D eigenvalue weighted by atomic mass is 9.93. The first-order valence-electron chi connectivity index (χ1n) is 6.09. The summed E-state index contributed by atoms with van der Waals surface area (Å²) in [5.41, 5.74) is 14.3. The SMILES string of the molecule is CC(C)Cc1ccc(C(N)C(C)CN)cc1. The van der Waals surface area contributed by atoms with Crippen LogP contribution in [0.3, 0.4) is 0 Å². The molecule has 0 heterocycles. The Morgan fingerprint density at radius 3 is 2.06 bits per heavy atom. The number of benzene rings is 1. The molecule has 2 nitrogen and oxygen atoms in total. The van der Waals surface area contributed by atoms with Crippen LogP contribution < -0.4 is 11.5 Å². The van der Waals surface area contributed by atoms with Crippen molar-refractivity contribution in [3.63, 3.8) is 0 Å². The van der Waals surface area contributed by atoms with Gasteiger partial charge in [-0.05, 0) is 35.9 Å². The van der Waals surface area contributed by atoms with E-state index >= 15 is 0 Å². The van der Waals surface area contributed by atoms with Gasteiger partial charge in [-0.2, -0.15) is 0 Å². The van der Waals surface area contributed by atoms with Crippen LogP contribution in [0.4, 0.5) is 0 Å². The van der Waals surface area contributed by atoms with Gasteiger partial charge in [0.05, 0.1) is 0 Å². The van der Waals surface area contributed by atoms with E-state index in [2.05, 4.69) is 45.0 Å². The van der Waals surface area contributed by atoms with E-state index in [4.69, 9.17) is 11.5 Å². The Bertz CT molecular complexity index is 303. The van der Waals surface area contributed by atoms with Crippen LogP contribution in [0.15, 0.2) is 24.3 Å². The van der Waals surface area contributed by atoms with Crippen molar-refractivity contribution in [1.29, 1.82) is 0 Å². The summed E-state index contributed by atoms with van der Waals surface area (Å²) in [7, 11) is 0. The highest BCUT2D eigenvalue weighted by molar-refractivity contribution is 5.25. The Morgan fingerprint density at radius 2 is 1.62 bits per heavy atom. The summed E-state index contributed by atoms with van der Waals surface area (Å²) >= 11 is 0. The summed E-state index contributed by atoms with van der Waals surface area (Å²) in [5.74, 6) is 1.03. The molecule has 0 fully saturated rings. The third kappa shape index (κ3) is 3.62. The van der Waals surface area contributed by atoms with Gasteiger partial charge in [-0.3, -0.25) is 0 Å². The maximum Gasteiger partial charge on any atom is 0.0332 e. The fourth-order valence-corrected chi connectivity index (χ4v) is 1.82. The van der Waals surface area contributed by atoms with Gasteiger partial charge in [-0.1, -0.05) is 45.0 Å². The highest BCUT2D eigenvalue weighted by Gasteiger charge is 2.12. The van der Waals surface area contributed by atoms with Gasteiger partial charge in [-0.15, -0.1) is 0 Å². The molecule has 2 unspecified atom stereocenters. The Morgan fingerprint density at radius 1 is 1.06 bits per heavy atom. The third-order valence-corrected chi connectivity index (χ3v) is 2.99. The zero-order valence-corrected chi connectivity index (χ0v) is 10.6. The molecule has 2 heteroatoms. The second kappa shape index (κ2) is 6.02. The van der Waals surface area contributed by atoms with Crippen molar-refractivity contribution in [3.8, 4) is 0 Å². The number of rotatable bonds is 5. The monoisotopic (exact) mass is 220 g/mol. The molecule has 0 amide bonds. The van der Waals surface area contributed by atoms with Crippen LogP contribution in [0, 0.1) is 11.8 Å². The molecule has 1 aromatic rings. The van der Waals surface area contributed by atoms with Crippen LogP contribution in [0.2, 0.25) is 0 Å². The van der Waals surface area contributed by atoms with Crippen LogP contribution in [-0.4, -0.2) is 6.54 Å². The van der Waals surface area contributed by atoms with Crippen molar-refractivity contribution in [3.05, 3.63) is 35.4 Å². The minimum atomic E-state index is 0.0538. The summed E-state index contributed by atoms with van der Waals surface area (Å²) in [6, 6.07) is 8.68.